The third-order valence-electron chi connectivity index (χ3n) is 4.04. The summed E-state index contributed by atoms with van der Waals surface area (Å²) >= 11 is 0. The first-order valence-corrected chi connectivity index (χ1v) is 7.65. The number of nitro benzene ring substituents is 1. The molecule has 23 heavy (non-hydrogen) atoms. The highest BCUT2D eigenvalue weighted by atomic mass is 16.6. The maximum atomic E-state index is 12.5. The van der Waals surface area contributed by atoms with Gasteiger partial charge in [-0.1, -0.05) is 0 Å². The predicted molar refractivity (Wildman–Crippen MR) is 83.1 cm³/mol. The van der Waals surface area contributed by atoms with Gasteiger partial charge in [0.25, 0.3) is 11.6 Å². The van der Waals surface area contributed by atoms with Gasteiger partial charge < -0.3 is 9.64 Å². The van der Waals surface area contributed by atoms with Crippen molar-refractivity contribution < 1.29 is 19.2 Å². The molecule has 1 saturated heterocycles. The third kappa shape index (κ3) is 3.85. The third-order valence-corrected chi connectivity index (χ3v) is 4.04. The summed E-state index contributed by atoms with van der Waals surface area (Å²) in [7, 11) is 0. The molecular weight excluding hydrogens is 300 g/mol. The van der Waals surface area contributed by atoms with Gasteiger partial charge in [-0.3, -0.25) is 19.7 Å². The second-order valence-corrected chi connectivity index (χ2v) is 5.58. The molecule has 0 N–H and O–H groups in total. The van der Waals surface area contributed by atoms with Gasteiger partial charge in [0.1, 0.15) is 0 Å². The van der Waals surface area contributed by atoms with Crippen molar-refractivity contribution in [2.75, 3.05) is 19.7 Å². The lowest BCUT2D eigenvalue weighted by atomic mass is 9.96. The summed E-state index contributed by atoms with van der Waals surface area (Å²) in [4.78, 5) is 36.2. The summed E-state index contributed by atoms with van der Waals surface area (Å²) < 4.78 is 5.01. The lowest BCUT2D eigenvalue weighted by Crippen LogP contribution is -2.40. The van der Waals surface area contributed by atoms with E-state index in [1.165, 1.54) is 18.2 Å². The summed E-state index contributed by atoms with van der Waals surface area (Å²) in [5.41, 5.74) is 0.896. The van der Waals surface area contributed by atoms with Crippen LogP contribution in [0.1, 0.15) is 35.7 Å². The minimum absolute atomic E-state index is 0.00238. The van der Waals surface area contributed by atoms with Gasteiger partial charge in [0, 0.05) is 30.3 Å². The molecule has 0 atom stereocenters. The fraction of sp³-hybridized carbons (Fsp3) is 0.500. The summed E-state index contributed by atoms with van der Waals surface area (Å²) in [5.74, 6) is -0.520. The first-order chi connectivity index (χ1) is 10.9. The van der Waals surface area contributed by atoms with Gasteiger partial charge >= 0.3 is 5.97 Å². The first kappa shape index (κ1) is 16.9. The standard InChI is InChI=1S/C16H20N2O5/c1-3-23-16(20)12-6-8-17(9-7-12)15(19)13-4-5-14(18(21)22)11(2)10-13/h4-5,10,12H,3,6-9H2,1-2H3. The van der Waals surface area contributed by atoms with E-state index in [2.05, 4.69) is 0 Å². The molecule has 7 nitrogen and oxygen atoms in total. The number of aryl methyl sites for hydroxylation is 1. The number of nitro groups is 1. The molecule has 0 bridgehead atoms. The van der Waals surface area contributed by atoms with E-state index >= 15 is 0 Å². The molecule has 1 aliphatic rings. The predicted octanol–water partition coefficient (Wildman–Crippen LogP) is 2.32. The summed E-state index contributed by atoms with van der Waals surface area (Å²) in [6, 6.07) is 4.37. The van der Waals surface area contributed by atoms with Gasteiger partial charge in [-0.15, -0.1) is 0 Å². The number of rotatable bonds is 4. The molecule has 0 aliphatic carbocycles. The van der Waals surface area contributed by atoms with Gasteiger partial charge in [0.05, 0.1) is 17.4 Å². The number of piperidine rings is 1. The Morgan fingerprint density at radius 3 is 2.52 bits per heavy atom. The Kier molecular flexibility index (Phi) is 5.31. The summed E-state index contributed by atoms with van der Waals surface area (Å²) in [6.45, 7) is 4.71. The van der Waals surface area contributed by atoms with E-state index in [1.54, 1.807) is 18.7 Å². The number of hydrogen-bond acceptors (Lipinski definition) is 5. The summed E-state index contributed by atoms with van der Waals surface area (Å²) in [5, 5.41) is 10.8. The van der Waals surface area contributed by atoms with Crippen molar-refractivity contribution in [2.24, 2.45) is 5.92 Å². The normalized spacial score (nSPS) is 15.3. The number of hydrogen-bond donors (Lipinski definition) is 0. The molecule has 0 spiro atoms. The van der Waals surface area contributed by atoms with Gasteiger partial charge in [-0.05, 0) is 38.8 Å². The van der Waals surface area contributed by atoms with Gasteiger partial charge in [0.2, 0.25) is 0 Å². The van der Waals surface area contributed by atoms with Crippen LogP contribution in [0, 0.1) is 23.0 Å². The van der Waals surface area contributed by atoms with Crippen LogP contribution in [0.4, 0.5) is 5.69 Å². The monoisotopic (exact) mass is 320 g/mol. The zero-order valence-electron chi connectivity index (χ0n) is 13.3. The molecule has 0 radical (unpaired) electrons. The van der Waals surface area contributed by atoms with Crippen molar-refractivity contribution in [2.45, 2.75) is 26.7 Å². The number of likely N-dealkylation sites (tertiary alicyclic amines) is 1. The van der Waals surface area contributed by atoms with Crippen molar-refractivity contribution in [3.8, 4) is 0 Å². The van der Waals surface area contributed by atoms with Crippen LogP contribution in [0.25, 0.3) is 0 Å². The Hall–Kier alpha value is -2.44. The SMILES string of the molecule is CCOC(=O)C1CCN(C(=O)c2ccc([N+](=O)[O-])c(C)c2)CC1. The Labute approximate surface area is 134 Å². The number of carbonyl (C=O) groups is 2. The molecule has 1 aromatic carbocycles. The highest BCUT2D eigenvalue weighted by Crippen LogP contribution is 2.23. The van der Waals surface area contributed by atoms with Crippen LogP contribution in [0.15, 0.2) is 18.2 Å². The quantitative estimate of drug-likeness (QED) is 0.482. The largest absolute Gasteiger partial charge is 0.466 e. The molecule has 0 aromatic heterocycles. The van der Waals surface area contributed by atoms with Crippen molar-refractivity contribution in [1.29, 1.82) is 0 Å². The minimum Gasteiger partial charge on any atom is -0.466 e. The minimum atomic E-state index is -0.464. The molecule has 0 saturated carbocycles. The van der Waals surface area contributed by atoms with Crippen LogP contribution in [0.2, 0.25) is 0 Å². The molecule has 124 valence electrons. The molecule has 1 heterocycles. The first-order valence-electron chi connectivity index (χ1n) is 7.65. The van der Waals surface area contributed by atoms with Crippen molar-refractivity contribution >= 4 is 17.6 Å². The number of ether oxygens (including phenoxy) is 1. The highest BCUT2D eigenvalue weighted by molar-refractivity contribution is 5.95. The number of benzene rings is 1. The summed E-state index contributed by atoms with van der Waals surface area (Å²) in [6.07, 6.45) is 1.16. The van der Waals surface area contributed by atoms with E-state index in [9.17, 15) is 19.7 Å². The number of nitrogens with zero attached hydrogens (tertiary/aromatic N) is 2. The van der Waals surface area contributed by atoms with Gasteiger partial charge in [0.15, 0.2) is 0 Å². The lowest BCUT2D eigenvalue weighted by molar-refractivity contribution is -0.385. The van der Waals surface area contributed by atoms with E-state index in [4.69, 9.17) is 4.74 Å². The number of esters is 1. The Morgan fingerprint density at radius 2 is 2.00 bits per heavy atom. The lowest BCUT2D eigenvalue weighted by Gasteiger charge is -2.31. The van der Waals surface area contributed by atoms with Crippen LogP contribution in [-0.2, 0) is 9.53 Å². The van der Waals surface area contributed by atoms with Crippen LogP contribution in [0.5, 0.6) is 0 Å². The molecule has 0 unspecified atom stereocenters. The van der Waals surface area contributed by atoms with E-state index < -0.39 is 4.92 Å². The molecule has 1 aliphatic heterocycles. The van der Waals surface area contributed by atoms with Crippen LogP contribution in [0.3, 0.4) is 0 Å². The van der Waals surface area contributed by atoms with E-state index in [0.29, 0.717) is 43.7 Å². The second-order valence-electron chi connectivity index (χ2n) is 5.58. The molecular formula is C16H20N2O5. The van der Waals surface area contributed by atoms with E-state index in [-0.39, 0.29) is 23.5 Å². The van der Waals surface area contributed by atoms with Crippen LogP contribution < -0.4 is 0 Å². The Bertz CT molecular complexity index is 621. The van der Waals surface area contributed by atoms with Crippen molar-refractivity contribution in [3.63, 3.8) is 0 Å². The molecule has 7 heteroatoms. The zero-order chi connectivity index (χ0) is 17.0. The number of carbonyl (C=O) groups excluding carboxylic acids is 2. The zero-order valence-corrected chi connectivity index (χ0v) is 13.3. The van der Waals surface area contributed by atoms with E-state index in [0.717, 1.165) is 0 Å². The highest BCUT2D eigenvalue weighted by Gasteiger charge is 2.29. The fourth-order valence-corrected chi connectivity index (χ4v) is 2.75. The molecule has 1 amide bonds. The second kappa shape index (κ2) is 7.21. The molecule has 1 aromatic rings. The van der Waals surface area contributed by atoms with Gasteiger partial charge in [-0.2, -0.15) is 0 Å². The maximum Gasteiger partial charge on any atom is 0.309 e. The fourth-order valence-electron chi connectivity index (χ4n) is 2.75. The molecule has 2 rings (SSSR count). The van der Waals surface area contributed by atoms with Crippen molar-refractivity contribution in [3.05, 3.63) is 39.4 Å². The Balaban J connectivity index is 2.01. The average Bonchev–Trinajstić information content (AvgIpc) is 2.54. The smallest absolute Gasteiger partial charge is 0.309 e. The van der Waals surface area contributed by atoms with Crippen molar-refractivity contribution in [1.82, 2.24) is 4.90 Å². The maximum absolute atomic E-state index is 12.5. The van der Waals surface area contributed by atoms with Gasteiger partial charge in [-0.25, -0.2) is 0 Å². The average molecular weight is 320 g/mol. The Morgan fingerprint density at radius 1 is 1.35 bits per heavy atom. The van der Waals surface area contributed by atoms with Crippen LogP contribution >= 0.6 is 0 Å². The topological polar surface area (TPSA) is 89.8 Å². The molecule has 1 fully saturated rings. The van der Waals surface area contributed by atoms with Crippen LogP contribution in [-0.4, -0.2) is 41.4 Å². The number of amides is 1. The van der Waals surface area contributed by atoms with E-state index in [1.807, 2.05) is 0 Å².